The maximum Gasteiger partial charge on any atom is 0.268 e. The first-order chi connectivity index (χ1) is 12.8. The Labute approximate surface area is 156 Å². The molecule has 0 saturated carbocycles. The maximum atomic E-state index is 13.3. The van der Waals surface area contributed by atoms with Crippen LogP contribution in [0.2, 0.25) is 0 Å². The summed E-state index contributed by atoms with van der Waals surface area (Å²) in [4.78, 5) is 36.1. The van der Waals surface area contributed by atoms with Crippen molar-refractivity contribution < 1.29 is 14.2 Å². The molecule has 2 amide bonds. The van der Waals surface area contributed by atoms with Crippen LogP contribution in [0.25, 0.3) is 0 Å². The second-order valence-corrected chi connectivity index (χ2v) is 6.29. The van der Waals surface area contributed by atoms with Crippen molar-refractivity contribution in [3.05, 3.63) is 63.9 Å². The molecule has 0 radical (unpaired) electrons. The number of carbonyl (C=O) groups is 2. The normalized spacial score (nSPS) is 10.7. The van der Waals surface area contributed by atoms with Crippen molar-refractivity contribution in [2.45, 2.75) is 34.6 Å². The summed E-state index contributed by atoms with van der Waals surface area (Å²) in [6.45, 7) is 8.71. The van der Waals surface area contributed by atoms with Crippen molar-refractivity contribution in [2.24, 2.45) is 0 Å². The molecule has 0 bridgehead atoms. The highest BCUT2D eigenvalue weighted by Gasteiger charge is 2.32. The van der Waals surface area contributed by atoms with Gasteiger partial charge in [-0.15, -0.1) is 0 Å². The number of aryl methyl sites for hydroxylation is 5. The zero-order chi connectivity index (χ0) is 19.7. The van der Waals surface area contributed by atoms with Gasteiger partial charge < -0.3 is 0 Å². The third kappa shape index (κ3) is 3.46. The van der Waals surface area contributed by atoms with Gasteiger partial charge in [-0.1, -0.05) is 5.16 Å². The van der Waals surface area contributed by atoms with Crippen molar-refractivity contribution in [2.75, 3.05) is 4.90 Å². The molecule has 0 unspecified atom stereocenters. The van der Waals surface area contributed by atoms with Crippen LogP contribution in [0.3, 0.4) is 0 Å². The molecule has 8 heteroatoms. The number of hydrogen-bond donors (Lipinski definition) is 0. The highest BCUT2D eigenvalue weighted by molar-refractivity contribution is 6.25. The van der Waals surface area contributed by atoms with Crippen LogP contribution in [-0.2, 0) is 0 Å². The van der Waals surface area contributed by atoms with E-state index in [1.165, 1.54) is 0 Å². The molecule has 0 aliphatic heterocycles. The van der Waals surface area contributed by atoms with Crippen LogP contribution in [0.4, 0.5) is 5.82 Å². The van der Waals surface area contributed by atoms with E-state index in [1.54, 1.807) is 45.0 Å². The van der Waals surface area contributed by atoms with Crippen LogP contribution in [-0.4, -0.2) is 32.1 Å². The third-order valence-corrected chi connectivity index (χ3v) is 4.16. The minimum atomic E-state index is -0.552. The fourth-order valence-corrected chi connectivity index (χ4v) is 2.78. The second kappa shape index (κ2) is 7.06. The van der Waals surface area contributed by atoms with Gasteiger partial charge in [0.25, 0.3) is 11.8 Å². The van der Waals surface area contributed by atoms with E-state index < -0.39 is 11.8 Å². The summed E-state index contributed by atoms with van der Waals surface area (Å²) in [5, 5.41) is 7.46. The van der Waals surface area contributed by atoms with E-state index in [-0.39, 0.29) is 5.82 Å². The highest BCUT2D eigenvalue weighted by Crippen LogP contribution is 2.23. The molecule has 0 aromatic carbocycles. The standard InChI is InChI=1S/C19H19N5O3/c1-10-6-8-15(12(3)20-10)18(25)24(17-14(5)22-27-23-17)19(26)16-9-7-11(2)21-13(16)4/h6-9H,1-5H3. The van der Waals surface area contributed by atoms with Crippen molar-refractivity contribution in [3.8, 4) is 0 Å². The quantitative estimate of drug-likeness (QED) is 0.658. The molecular formula is C19H19N5O3. The average Bonchev–Trinajstić information content (AvgIpc) is 3.00. The third-order valence-electron chi connectivity index (χ3n) is 4.16. The molecular weight excluding hydrogens is 346 g/mol. The Kier molecular flexibility index (Phi) is 4.81. The van der Waals surface area contributed by atoms with Crippen LogP contribution in [0, 0.1) is 34.6 Å². The van der Waals surface area contributed by atoms with Gasteiger partial charge in [0.15, 0.2) is 0 Å². The molecule has 3 heterocycles. The Hall–Kier alpha value is -3.42. The van der Waals surface area contributed by atoms with E-state index in [2.05, 4.69) is 20.3 Å². The first kappa shape index (κ1) is 18.4. The summed E-state index contributed by atoms with van der Waals surface area (Å²) in [5.41, 5.74) is 3.52. The fourth-order valence-electron chi connectivity index (χ4n) is 2.78. The first-order valence-electron chi connectivity index (χ1n) is 8.36. The molecule has 3 aromatic heterocycles. The Balaban J connectivity index is 2.13. The average molecular weight is 365 g/mol. The monoisotopic (exact) mass is 365 g/mol. The zero-order valence-corrected chi connectivity index (χ0v) is 15.8. The second-order valence-electron chi connectivity index (χ2n) is 6.29. The summed E-state index contributed by atoms with van der Waals surface area (Å²) in [5.74, 6) is -1.06. The molecule has 0 atom stereocenters. The molecule has 0 fully saturated rings. The predicted octanol–water partition coefficient (Wildman–Crippen LogP) is 2.89. The number of amides is 2. The van der Waals surface area contributed by atoms with Crippen LogP contribution >= 0.6 is 0 Å². The Bertz CT molecular complexity index is 978. The smallest absolute Gasteiger partial charge is 0.268 e. The number of imide groups is 1. The molecule has 0 aliphatic carbocycles. The fraction of sp³-hybridized carbons (Fsp3) is 0.263. The predicted molar refractivity (Wildman–Crippen MR) is 97.6 cm³/mol. The Morgan fingerprint density at radius 3 is 1.59 bits per heavy atom. The van der Waals surface area contributed by atoms with Crippen molar-refractivity contribution >= 4 is 17.6 Å². The van der Waals surface area contributed by atoms with E-state index in [0.29, 0.717) is 28.2 Å². The van der Waals surface area contributed by atoms with Gasteiger partial charge in [0.1, 0.15) is 5.69 Å². The van der Waals surface area contributed by atoms with Gasteiger partial charge in [0.2, 0.25) is 5.82 Å². The largest absolute Gasteiger partial charge is 0.268 e. The number of hydrogen-bond acceptors (Lipinski definition) is 7. The number of pyridine rings is 2. The lowest BCUT2D eigenvalue weighted by Gasteiger charge is -2.20. The van der Waals surface area contributed by atoms with Crippen LogP contribution < -0.4 is 4.90 Å². The molecule has 3 aromatic rings. The van der Waals surface area contributed by atoms with Gasteiger partial charge in [-0.05, 0) is 64.0 Å². The van der Waals surface area contributed by atoms with Gasteiger partial charge in [-0.3, -0.25) is 19.6 Å². The van der Waals surface area contributed by atoms with Crippen molar-refractivity contribution in [1.29, 1.82) is 0 Å². The SMILES string of the molecule is Cc1ccc(C(=O)N(C(=O)c2ccc(C)nc2C)c2nonc2C)c(C)n1. The van der Waals surface area contributed by atoms with Gasteiger partial charge >= 0.3 is 0 Å². The van der Waals surface area contributed by atoms with E-state index in [0.717, 1.165) is 16.3 Å². The van der Waals surface area contributed by atoms with Gasteiger partial charge in [0, 0.05) is 11.4 Å². The summed E-state index contributed by atoms with van der Waals surface area (Å²) < 4.78 is 4.72. The summed E-state index contributed by atoms with van der Waals surface area (Å²) in [6, 6.07) is 6.72. The molecule has 0 aliphatic rings. The number of rotatable bonds is 3. The van der Waals surface area contributed by atoms with Gasteiger partial charge in [-0.2, -0.15) is 0 Å². The first-order valence-corrected chi connectivity index (χ1v) is 8.36. The van der Waals surface area contributed by atoms with E-state index in [1.807, 2.05) is 13.8 Å². The van der Waals surface area contributed by atoms with Gasteiger partial charge in [0.05, 0.1) is 22.5 Å². The van der Waals surface area contributed by atoms with E-state index in [9.17, 15) is 9.59 Å². The van der Waals surface area contributed by atoms with E-state index >= 15 is 0 Å². The molecule has 3 rings (SSSR count). The highest BCUT2D eigenvalue weighted by atomic mass is 16.6. The minimum Gasteiger partial charge on any atom is -0.268 e. The molecule has 27 heavy (non-hydrogen) atoms. The lowest BCUT2D eigenvalue weighted by Crippen LogP contribution is -2.39. The number of carbonyl (C=O) groups excluding carboxylic acids is 2. The lowest BCUT2D eigenvalue weighted by atomic mass is 10.1. The summed E-state index contributed by atoms with van der Waals surface area (Å²) in [7, 11) is 0. The molecule has 8 nitrogen and oxygen atoms in total. The molecule has 138 valence electrons. The maximum absolute atomic E-state index is 13.3. The number of anilines is 1. The Morgan fingerprint density at radius 1 is 0.741 bits per heavy atom. The van der Waals surface area contributed by atoms with E-state index in [4.69, 9.17) is 4.63 Å². The molecule has 0 spiro atoms. The lowest BCUT2D eigenvalue weighted by molar-refractivity contribution is 0.0894. The van der Waals surface area contributed by atoms with Crippen LogP contribution in [0.5, 0.6) is 0 Å². The number of nitrogens with zero attached hydrogens (tertiary/aromatic N) is 5. The molecule has 0 saturated heterocycles. The topological polar surface area (TPSA) is 102 Å². The van der Waals surface area contributed by atoms with Crippen molar-refractivity contribution in [1.82, 2.24) is 20.3 Å². The van der Waals surface area contributed by atoms with Crippen LogP contribution in [0.15, 0.2) is 28.9 Å². The Morgan fingerprint density at radius 2 is 1.22 bits per heavy atom. The molecule has 0 N–H and O–H groups in total. The van der Waals surface area contributed by atoms with Crippen LogP contribution in [0.1, 0.15) is 49.2 Å². The zero-order valence-electron chi connectivity index (χ0n) is 15.8. The van der Waals surface area contributed by atoms with Crippen molar-refractivity contribution in [3.63, 3.8) is 0 Å². The minimum absolute atomic E-state index is 0.0463. The summed E-state index contributed by atoms with van der Waals surface area (Å²) >= 11 is 0. The number of aromatic nitrogens is 4. The summed E-state index contributed by atoms with van der Waals surface area (Å²) in [6.07, 6.45) is 0. The van der Waals surface area contributed by atoms with Gasteiger partial charge in [-0.25, -0.2) is 9.53 Å².